The number of amides is 1. The largest absolute Gasteiger partial charge is 0.319 e. The van der Waals surface area contributed by atoms with Gasteiger partial charge in [-0.05, 0) is 26.5 Å². The summed E-state index contributed by atoms with van der Waals surface area (Å²) in [5, 5.41) is 15.6. The van der Waals surface area contributed by atoms with Crippen LogP contribution in [-0.4, -0.2) is 29.7 Å². The summed E-state index contributed by atoms with van der Waals surface area (Å²) in [6, 6.07) is 10.2. The second-order valence-corrected chi connectivity index (χ2v) is 6.83. The quantitative estimate of drug-likeness (QED) is 0.836. The van der Waals surface area contributed by atoms with Crippen molar-refractivity contribution < 1.29 is 4.79 Å². The second-order valence-electron chi connectivity index (χ2n) is 5.85. The molecule has 0 aliphatic carbocycles. The molecule has 0 saturated heterocycles. The molecule has 1 aromatic heterocycles. The number of carbonyl (C=O) groups is 1. The zero-order chi connectivity index (χ0) is 16.2. The number of benzene rings is 1. The molecule has 5 nitrogen and oxygen atoms in total. The van der Waals surface area contributed by atoms with Crippen LogP contribution in [0.25, 0.3) is 0 Å². The van der Waals surface area contributed by atoms with Crippen LogP contribution in [0.3, 0.4) is 0 Å². The van der Waals surface area contributed by atoms with E-state index in [0.717, 1.165) is 5.01 Å². The standard InChI is InChI=1S/C16H22N4OS.ClH/c1-11(10-17-4)13(21)18-15-20-19-14(22-15)16(2,3)12-8-6-5-7-9-12;/h5-9,11,17H,10H2,1-4H3,(H,18,20,21);1H. The van der Waals surface area contributed by atoms with Crippen molar-refractivity contribution in [2.75, 3.05) is 18.9 Å². The SMILES string of the molecule is CNCC(C)C(=O)Nc1nnc(C(C)(C)c2ccccc2)s1.Cl. The van der Waals surface area contributed by atoms with E-state index in [1.807, 2.05) is 32.2 Å². The monoisotopic (exact) mass is 354 g/mol. The molecule has 0 fully saturated rings. The Kier molecular flexibility index (Phi) is 7.12. The van der Waals surface area contributed by atoms with Crippen molar-refractivity contribution >= 4 is 34.8 Å². The summed E-state index contributed by atoms with van der Waals surface area (Å²) in [7, 11) is 1.83. The van der Waals surface area contributed by atoms with Gasteiger partial charge in [0, 0.05) is 17.9 Å². The fourth-order valence-electron chi connectivity index (χ4n) is 2.13. The predicted molar refractivity (Wildman–Crippen MR) is 97.4 cm³/mol. The van der Waals surface area contributed by atoms with Gasteiger partial charge in [-0.1, -0.05) is 48.6 Å². The molecule has 1 atom stereocenters. The third-order valence-corrected chi connectivity index (χ3v) is 4.81. The first-order valence-corrected chi connectivity index (χ1v) is 8.11. The van der Waals surface area contributed by atoms with Crippen molar-refractivity contribution in [1.29, 1.82) is 0 Å². The summed E-state index contributed by atoms with van der Waals surface area (Å²) in [6.07, 6.45) is 0. The van der Waals surface area contributed by atoms with Crippen molar-refractivity contribution in [3.05, 3.63) is 40.9 Å². The van der Waals surface area contributed by atoms with E-state index in [-0.39, 0.29) is 29.6 Å². The molecule has 126 valence electrons. The maximum atomic E-state index is 12.0. The third-order valence-electron chi connectivity index (χ3n) is 3.64. The summed E-state index contributed by atoms with van der Waals surface area (Å²) in [5.74, 6) is -0.158. The lowest BCUT2D eigenvalue weighted by Crippen LogP contribution is -2.28. The van der Waals surface area contributed by atoms with Crippen molar-refractivity contribution in [2.24, 2.45) is 5.92 Å². The topological polar surface area (TPSA) is 66.9 Å². The number of nitrogens with zero attached hydrogens (tertiary/aromatic N) is 2. The van der Waals surface area contributed by atoms with Gasteiger partial charge in [0.2, 0.25) is 11.0 Å². The molecule has 0 bridgehead atoms. The average Bonchev–Trinajstić information content (AvgIpc) is 2.97. The summed E-state index contributed by atoms with van der Waals surface area (Å²) in [5.41, 5.74) is 0.936. The molecule has 2 rings (SSSR count). The molecular weight excluding hydrogens is 332 g/mol. The molecule has 1 heterocycles. The van der Waals surface area contributed by atoms with Crippen molar-refractivity contribution in [3.8, 4) is 0 Å². The number of hydrogen-bond acceptors (Lipinski definition) is 5. The Hall–Kier alpha value is -1.50. The second kappa shape index (κ2) is 8.38. The number of hydrogen-bond donors (Lipinski definition) is 2. The molecule has 1 amide bonds. The Labute approximate surface area is 147 Å². The predicted octanol–water partition coefficient (Wildman–Crippen LogP) is 3.08. The van der Waals surface area contributed by atoms with Crippen LogP contribution >= 0.6 is 23.7 Å². The smallest absolute Gasteiger partial charge is 0.230 e. The summed E-state index contributed by atoms with van der Waals surface area (Å²) in [4.78, 5) is 12.0. The summed E-state index contributed by atoms with van der Waals surface area (Å²) < 4.78 is 0. The number of nitrogens with one attached hydrogen (secondary N) is 2. The first-order valence-electron chi connectivity index (χ1n) is 7.30. The van der Waals surface area contributed by atoms with E-state index in [9.17, 15) is 4.79 Å². The molecule has 23 heavy (non-hydrogen) atoms. The number of anilines is 1. The molecule has 0 aliphatic rings. The molecule has 0 spiro atoms. The molecule has 7 heteroatoms. The van der Waals surface area contributed by atoms with Gasteiger partial charge in [0.15, 0.2) is 0 Å². The van der Waals surface area contributed by atoms with E-state index in [0.29, 0.717) is 11.7 Å². The van der Waals surface area contributed by atoms with E-state index >= 15 is 0 Å². The number of carbonyl (C=O) groups excluding carboxylic acids is 1. The van der Waals surface area contributed by atoms with Gasteiger partial charge in [0.1, 0.15) is 5.01 Å². The van der Waals surface area contributed by atoms with Crippen LogP contribution < -0.4 is 10.6 Å². The molecule has 0 aliphatic heterocycles. The first-order chi connectivity index (χ1) is 10.4. The van der Waals surface area contributed by atoms with E-state index in [1.54, 1.807) is 0 Å². The molecule has 0 saturated carbocycles. The van der Waals surface area contributed by atoms with Gasteiger partial charge in [-0.2, -0.15) is 0 Å². The highest BCUT2D eigenvalue weighted by molar-refractivity contribution is 7.15. The lowest BCUT2D eigenvalue weighted by atomic mass is 9.85. The molecule has 1 aromatic carbocycles. The number of rotatable bonds is 6. The van der Waals surface area contributed by atoms with Crippen LogP contribution in [0.1, 0.15) is 31.3 Å². The Morgan fingerprint density at radius 3 is 2.52 bits per heavy atom. The summed E-state index contributed by atoms with van der Waals surface area (Å²) in [6.45, 7) is 6.73. The maximum Gasteiger partial charge on any atom is 0.230 e. The summed E-state index contributed by atoms with van der Waals surface area (Å²) >= 11 is 1.42. The van der Waals surface area contributed by atoms with Crippen LogP contribution in [0.4, 0.5) is 5.13 Å². The Bertz CT molecular complexity index is 630. The Morgan fingerprint density at radius 2 is 1.91 bits per heavy atom. The van der Waals surface area contributed by atoms with Gasteiger partial charge < -0.3 is 10.6 Å². The van der Waals surface area contributed by atoms with Crippen LogP contribution in [0.2, 0.25) is 0 Å². The van der Waals surface area contributed by atoms with Gasteiger partial charge >= 0.3 is 0 Å². The molecule has 0 radical (unpaired) electrons. The minimum atomic E-state index is -0.238. The van der Waals surface area contributed by atoms with Crippen molar-refractivity contribution in [2.45, 2.75) is 26.2 Å². The number of aromatic nitrogens is 2. The van der Waals surface area contributed by atoms with E-state index in [4.69, 9.17) is 0 Å². The van der Waals surface area contributed by atoms with Gasteiger partial charge in [-0.25, -0.2) is 0 Å². The lowest BCUT2D eigenvalue weighted by molar-refractivity contribution is -0.119. The number of halogens is 1. The lowest BCUT2D eigenvalue weighted by Gasteiger charge is -2.21. The first kappa shape index (κ1) is 19.5. The van der Waals surface area contributed by atoms with Crippen LogP contribution in [0.5, 0.6) is 0 Å². The highest BCUT2D eigenvalue weighted by Crippen LogP contribution is 2.34. The highest BCUT2D eigenvalue weighted by Gasteiger charge is 2.28. The van der Waals surface area contributed by atoms with Crippen LogP contribution in [0.15, 0.2) is 30.3 Å². The zero-order valence-corrected chi connectivity index (χ0v) is 15.4. The van der Waals surface area contributed by atoms with E-state index < -0.39 is 0 Å². The third kappa shape index (κ3) is 4.73. The minimum Gasteiger partial charge on any atom is -0.319 e. The Morgan fingerprint density at radius 1 is 1.26 bits per heavy atom. The molecular formula is C16H23ClN4OS. The molecule has 2 N–H and O–H groups in total. The van der Waals surface area contributed by atoms with Crippen LogP contribution in [0, 0.1) is 5.92 Å². The van der Waals surface area contributed by atoms with E-state index in [2.05, 4.69) is 46.8 Å². The molecule has 1 unspecified atom stereocenters. The Balaban J connectivity index is 0.00000264. The minimum absolute atomic E-state index is 0. The van der Waals surface area contributed by atoms with Gasteiger partial charge in [-0.3, -0.25) is 4.79 Å². The fraction of sp³-hybridized carbons (Fsp3) is 0.438. The van der Waals surface area contributed by atoms with Gasteiger partial charge in [0.25, 0.3) is 0 Å². The molecule has 2 aromatic rings. The highest BCUT2D eigenvalue weighted by atomic mass is 35.5. The van der Waals surface area contributed by atoms with Crippen LogP contribution in [-0.2, 0) is 10.2 Å². The van der Waals surface area contributed by atoms with Crippen molar-refractivity contribution in [1.82, 2.24) is 15.5 Å². The average molecular weight is 355 g/mol. The van der Waals surface area contributed by atoms with Crippen molar-refractivity contribution in [3.63, 3.8) is 0 Å². The van der Waals surface area contributed by atoms with E-state index in [1.165, 1.54) is 16.9 Å². The maximum absolute atomic E-state index is 12.0. The van der Waals surface area contributed by atoms with Gasteiger partial charge in [-0.15, -0.1) is 22.6 Å². The fourth-order valence-corrected chi connectivity index (χ4v) is 3.00. The normalized spacial score (nSPS) is 12.3. The zero-order valence-electron chi connectivity index (χ0n) is 13.8. The van der Waals surface area contributed by atoms with Gasteiger partial charge in [0.05, 0.1) is 0 Å².